The van der Waals surface area contributed by atoms with E-state index in [0.29, 0.717) is 32.5 Å². The maximum Gasteiger partial charge on any atom is 0.228 e. The third-order valence-corrected chi connectivity index (χ3v) is 9.06. The average molecular weight is 549 g/mol. The zero-order valence-corrected chi connectivity index (χ0v) is 23.0. The highest BCUT2D eigenvalue weighted by Crippen LogP contribution is 2.40. The molecule has 4 fully saturated rings. The summed E-state index contributed by atoms with van der Waals surface area (Å²) < 4.78 is 21.9. The summed E-state index contributed by atoms with van der Waals surface area (Å²) >= 11 is 0. The minimum absolute atomic E-state index is 0.0482. The molecule has 7 rings (SSSR count). The Morgan fingerprint density at radius 3 is 2.52 bits per heavy atom. The molecule has 1 aliphatic carbocycles. The molecule has 1 amide bonds. The Balaban J connectivity index is 0.970. The van der Waals surface area contributed by atoms with Gasteiger partial charge in [-0.15, -0.1) is 0 Å². The molecule has 0 bridgehead atoms. The van der Waals surface area contributed by atoms with E-state index < -0.39 is 5.67 Å². The van der Waals surface area contributed by atoms with Gasteiger partial charge in [-0.25, -0.2) is 14.4 Å². The van der Waals surface area contributed by atoms with Gasteiger partial charge in [0.1, 0.15) is 29.2 Å². The molecule has 3 aromatic rings. The smallest absolute Gasteiger partial charge is 0.228 e. The maximum absolute atomic E-state index is 15.7. The van der Waals surface area contributed by atoms with Crippen LogP contribution < -0.4 is 15.0 Å². The largest absolute Gasteiger partial charge is 0.488 e. The molecule has 3 saturated heterocycles. The van der Waals surface area contributed by atoms with Crippen LogP contribution in [0.4, 0.5) is 10.2 Å². The van der Waals surface area contributed by atoms with Crippen LogP contribution in [0.2, 0.25) is 0 Å². The van der Waals surface area contributed by atoms with Gasteiger partial charge in [0.15, 0.2) is 0 Å². The lowest BCUT2D eigenvalue weighted by atomic mass is 9.91. The van der Waals surface area contributed by atoms with Crippen molar-refractivity contribution >= 4 is 22.6 Å². The minimum Gasteiger partial charge on any atom is -0.488 e. The monoisotopic (exact) mass is 548 g/mol. The average Bonchev–Trinajstić information content (AvgIpc) is 3.50. The quantitative estimate of drug-likeness (QED) is 0.465. The van der Waals surface area contributed by atoms with Crippen LogP contribution in [0.1, 0.15) is 32.6 Å². The van der Waals surface area contributed by atoms with E-state index in [4.69, 9.17) is 4.74 Å². The highest BCUT2D eigenvalue weighted by atomic mass is 19.1. The fourth-order valence-electron chi connectivity index (χ4n) is 6.01. The van der Waals surface area contributed by atoms with Gasteiger partial charge in [0.25, 0.3) is 0 Å². The predicted octanol–water partition coefficient (Wildman–Crippen LogP) is 2.62. The summed E-state index contributed by atoms with van der Waals surface area (Å²) in [5, 5.41) is 11.7. The number of rotatable bonds is 7. The topological polar surface area (TPSA) is 103 Å². The van der Waals surface area contributed by atoms with Crippen LogP contribution in [0.5, 0.6) is 5.75 Å². The minimum atomic E-state index is -1.24. The molecule has 1 saturated carbocycles. The van der Waals surface area contributed by atoms with Crippen LogP contribution in [-0.4, -0.2) is 106 Å². The Morgan fingerprint density at radius 1 is 1.05 bits per heavy atom. The standard InChI is InChI=1S/C29H37FN8O2/c1-28(4-5-28)40-21-2-3-23-22(14-21)26(35-34-23)24-15-25(33-19-32-24)37-12-10-36(11-13-37)18-29(30)6-8-38(9-7-29)27(39)20-16-31-17-20/h2-3,14-15,19-20,31H,4-13,16-18H2,1H3,(H,34,35). The third kappa shape index (κ3) is 5.12. The number of aromatic amines is 1. The number of fused-ring (bicyclic) bond motifs is 1. The number of amides is 1. The van der Waals surface area contributed by atoms with Crippen LogP contribution in [0, 0.1) is 5.92 Å². The van der Waals surface area contributed by atoms with Gasteiger partial charge < -0.3 is 19.9 Å². The Labute approximate surface area is 233 Å². The van der Waals surface area contributed by atoms with Crippen LogP contribution >= 0.6 is 0 Å². The second-order valence-corrected chi connectivity index (χ2v) is 12.2. The summed E-state index contributed by atoms with van der Waals surface area (Å²) in [6.45, 7) is 8.18. The molecular weight excluding hydrogens is 511 g/mol. The molecule has 0 radical (unpaired) electrons. The van der Waals surface area contributed by atoms with Crippen LogP contribution in [0.25, 0.3) is 22.3 Å². The van der Waals surface area contributed by atoms with Gasteiger partial charge in [-0.1, -0.05) is 0 Å². The zero-order valence-electron chi connectivity index (χ0n) is 23.0. The number of aromatic nitrogens is 4. The van der Waals surface area contributed by atoms with Gasteiger partial charge in [-0.3, -0.25) is 14.8 Å². The van der Waals surface area contributed by atoms with Crippen molar-refractivity contribution in [2.24, 2.45) is 5.92 Å². The SMILES string of the molecule is CC1(Oc2ccc3n[nH]c(-c4cc(N5CCN(CC6(F)CCN(C(=O)C7CNC7)CC6)CC5)ncn4)c3c2)CC1. The molecule has 11 heteroatoms. The molecule has 4 aliphatic rings. The van der Waals surface area contributed by atoms with Crippen LogP contribution in [0.15, 0.2) is 30.6 Å². The molecule has 0 unspecified atom stereocenters. The number of halogens is 1. The summed E-state index contributed by atoms with van der Waals surface area (Å²) in [6.07, 6.45) is 4.59. The molecule has 0 atom stereocenters. The fourth-order valence-corrected chi connectivity index (χ4v) is 6.01. The number of nitrogens with zero attached hydrogens (tertiary/aromatic N) is 6. The van der Waals surface area contributed by atoms with Crippen molar-refractivity contribution in [1.82, 2.24) is 35.3 Å². The Hall–Kier alpha value is -3.31. The maximum atomic E-state index is 15.7. The Morgan fingerprint density at radius 2 is 1.82 bits per heavy atom. The molecule has 0 spiro atoms. The van der Waals surface area contributed by atoms with E-state index >= 15 is 4.39 Å². The normalized spacial score (nSPS) is 22.8. The fraction of sp³-hybridized carbons (Fsp3) is 0.586. The first kappa shape index (κ1) is 25.6. The first-order valence-electron chi connectivity index (χ1n) is 14.5. The van der Waals surface area contributed by atoms with Gasteiger partial charge in [0.2, 0.25) is 5.91 Å². The third-order valence-electron chi connectivity index (χ3n) is 9.06. The van der Waals surface area contributed by atoms with Crippen LogP contribution in [-0.2, 0) is 4.79 Å². The number of benzene rings is 1. The number of H-pyrrole nitrogens is 1. The summed E-state index contributed by atoms with van der Waals surface area (Å²) in [5.74, 6) is 1.97. The second kappa shape index (κ2) is 9.95. The number of likely N-dealkylation sites (tertiary alicyclic amines) is 1. The second-order valence-electron chi connectivity index (χ2n) is 12.2. The van der Waals surface area contributed by atoms with E-state index in [1.807, 2.05) is 29.2 Å². The van der Waals surface area contributed by atoms with Crippen molar-refractivity contribution in [2.75, 3.05) is 63.8 Å². The number of piperidine rings is 1. The molecule has 2 N–H and O–H groups in total. The lowest BCUT2D eigenvalue weighted by Gasteiger charge is -2.43. The van der Waals surface area contributed by atoms with E-state index in [0.717, 1.165) is 86.0 Å². The molecule has 2 aromatic heterocycles. The van der Waals surface area contributed by atoms with E-state index in [-0.39, 0.29) is 17.4 Å². The molecular formula is C29H37FN8O2. The number of piperazine rings is 1. The lowest BCUT2D eigenvalue weighted by Crippen LogP contribution is -2.57. The number of carbonyl (C=O) groups is 1. The molecule has 10 nitrogen and oxygen atoms in total. The first-order chi connectivity index (χ1) is 19.4. The predicted molar refractivity (Wildman–Crippen MR) is 150 cm³/mol. The summed E-state index contributed by atoms with van der Waals surface area (Å²) in [6, 6.07) is 7.98. The number of ether oxygens (including phenoxy) is 1. The number of anilines is 1. The van der Waals surface area contributed by atoms with Crippen LogP contribution in [0.3, 0.4) is 0 Å². The highest BCUT2D eigenvalue weighted by Gasteiger charge is 2.41. The molecule has 5 heterocycles. The number of hydrogen-bond donors (Lipinski definition) is 2. The van der Waals surface area contributed by atoms with Crippen molar-refractivity contribution in [3.8, 4) is 17.1 Å². The van der Waals surface area contributed by atoms with Gasteiger partial charge in [0.05, 0.1) is 22.8 Å². The summed E-state index contributed by atoms with van der Waals surface area (Å²) in [4.78, 5) is 27.9. The van der Waals surface area contributed by atoms with Crippen molar-refractivity contribution in [1.29, 1.82) is 0 Å². The van der Waals surface area contributed by atoms with Crippen molar-refractivity contribution in [3.63, 3.8) is 0 Å². The lowest BCUT2D eigenvalue weighted by molar-refractivity contribution is -0.140. The number of carbonyl (C=O) groups excluding carboxylic acids is 1. The molecule has 212 valence electrons. The van der Waals surface area contributed by atoms with Gasteiger partial charge in [-0.05, 0) is 38.0 Å². The highest BCUT2D eigenvalue weighted by molar-refractivity contribution is 5.93. The summed E-state index contributed by atoms with van der Waals surface area (Å²) in [5.41, 5.74) is 1.22. The van der Waals surface area contributed by atoms with Gasteiger partial charge in [-0.2, -0.15) is 5.10 Å². The number of alkyl halides is 1. The van der Waals surface area contributed by atoms with E-state index in [1.165, 1.54) is 0 Å². The number of hydrogen-bond acceptors (Lipinski definition) is 8. The zero-order chi connectivity index (χ0) is 27.3. The van der Waals surface area contributed by atoms with Crippen molar-refractivity contribution < 1.29 is 13.9 Å². The Kier molecular flexibility index (Phi) is 6.38. The van der Waals surface area contributed by atoms with Crippen molar-refractivity contribution in [2.45, 2.75) is 43.9 Å². The van der Waals surface area contributed by atoms with E-state index in [1.54, 1.807) is 6.33 Å². The van der Waals surface area contributed by atoms with Gasteiger partial charge >= 0.3 is 0 Å². The molecule has 3 aliphatic heterocycles. The van der Waals surface area contributed by atoms with E-state index in [9.17, 15) is 4.79 Å². The van der Waals surface area contributed by atoms with E-state index in [2.05, 4.69) is 42.2 Å². The number of nitrogens with one attached hydrogen (secondary N) is 2. The van der Waals surface area contributed by atoms with Crippen molar-refractivity contribution in [3.05, 3.63) is 30.6 Å². The summed E-state index contributed by atoms with van der Waals surface area (Å²) in [7, 11) is 0. The van der Waals surface area contributed by atoms with Gasteiger partial charge in [0, 0.05) is 83.2 Å². The first-order valence-corrected chi connectivity index (χ1v) is 14.5. The molecule has 1 aromatic carbocycles. The molecule has 40 heavy (non-hydrogen) atoms. The Bertz CT molecular complexity index is 1390.